The van der Waals surface area contributed by atoms with Crippen LogP contribution in [0, 0.1) is 0 Å². The predicted octanol–water partition coefficient (Wildman–Crippen LogP) is 2.23. The standard InChI is InChI=1S/C16H21N3O/c1-16(2)8-10-4-3-5-12(14(10)20-16)13-9-18-15(17)19(13)11-6-7-11/h3-5,11,13H,6-9H2,1-2H3,(H2,17,18). The van der Waals surface area contributed by atoms with Crippen molar-refractivity contribution in [1.29, 1.82) is 0 Å². The minimum absolute atomic E-state index is 0.103. The van der Waals surface area contributed by atoms with E-state index < -0.39 is 0 Å². The maximum absolute atomic E-state index is 6.20. The third-order valence-electron chi connectivity index (χ3n) is 4.45. The lowest BCUT2D eigenvalue weighted by atomic mass is 9.98. The number of benzene rings is 1. The summed E-state index contributed by atoms with van der Waals surface area (Å²) >= 11 is 0. The lowest BCUT2D eigenvalue weighted by molar-refractivity contribution is 0.135. The molecule has 1 fully saturated rings. The SMILES string of the molecule is CC1(C)Cc2cccc(C3CN=C(N)N3C3CC3)c2O1. The molecule has 2 heterocycles. The zero-order chi connectivity index (χ0) is 13.9. The molecule has 20 heavy (non-hydrogen) atoms. The van der Waals surface area contributed by atoms with Crippen molar-refractivity contribution in [1.82, 2.24) is 4.90 Å². The topological polar surface area (TPSA) is 50.8 Å². The van der Waals surface area contributed by atoms with Crippen LogP contribution >= 0.6 is 0 Å². The van der Waals surface area contributed by atoms with Gasteiger partial charge in [-0.05, 0) is 32.3 Å². The maximum atomic E-state index is 6.20. The molecule has 0 aromatic heterocycles. The molecule has 0 radical (unpaired) electrons. The fourth-order valence-electron chi connectivity index (χ4n) is 3.45. The van der Waals surface area contributed by atoms with E-state index in [9.17, 15) is 0 Å². The molecule has 1 aliphatic carbocycles. The maximum Gasteiger partial charge on any atom is 0.192 e. The summed E-state index contributed by atoms with van der Waals surface area (Å²) in [5, 5.41) is 0. The van der Waals surface area contributed by atoms with Crippen LogP contribution in [-0.2, 0) is 6.42 Å². The highest BCUT2D eigenvalue weighted by Crippen LogP contribution is 2.44. The Hall–Kier alpha value is -1.71. The van der Waals surface area contributed by atoms with E-state index in [-0.39, 0.29) is 11.6 Å². The molecule has 4 rings (SSSR count). The molecule has 1 saturated carbocycles. The molecule has 1 aromatic rings. The number of hydrogen-bond acceptors (Lipinski definition) is 4. The highest BCUT2D eigenvalue weighted by molar-refractivity contribution is 5.81. The number of rotatable bonds is 2. The second-order valence-electron chi connectivity index (χ2n) is 6.73. The molecule has 3 aliphatic rings. The van der Waals surface area contributed by atoms with Crippen LogP contribution in [0.3, 0.4) is 0 Å². The molecule has 4 nitrogen and oxygen atoms in total. The average Bonchev–Trinajstić information content (AvgIpc) is 3.06. The third kappa shape index (κ3) is 1.78. The van der Waals surface area contributed by atoms with Crippen molar-refractivity contribution in [2.45, 2.75) is 50.8 Å². The van der Waals surface area contributed by atoms with Crippen LogP contribution in [0.5, 0.6) is 5.75 Å². The Bertz CT molecular complexity index is 589. The summed E-state index contributed by atoms with van der Waals surface area (Å²) in [5.74, 6) is 1.77. The summed E-state index contributed by atoms with van der Waals surface area (Å²) in [4.78, 5) is 6.76. The Morgan fingerprint density at radius 3 is 2.90 bits per heavy atom. The van der Waals surface area contributed by atoms with Crippen molar-refractivity contribution in [3.05, 3.63) is 29.3 Å². The van der Waals surface area contributed by atoms with Gasteiger partial charge in [0, 0.05) is 18.0 Å². The molecule has 2 aliphatic heterocycles. The molecule has 0 saturated heterocycles. The molecule has 106 valence electrons. The highest BCUT2D eigenvalue weighted by atomic mass is 16.5. The van der Waals surface area contributed by atoms with Gasteiger partial charge < -0.3 is 15.4 Å². The first-order valence-corrected chi connectivity index (χ1v) is 7.44. The lowest BCUT2D eigenvalue weighted by Crippen LogP contribution is -2.38. The second-order valence-corrected chi connectivity index (χ2v) is 6.73. The zero-order valence-corrected chi connectivity index (χ0v) is 12.1. The summed E-state index contributed by atoms with van der Waals surface area (Å²) in [6.45, 7) is 5.05. The van der Waals surface area contributed by atoms with E-state index in [0.717, 1.165) is 18.7 Å². The quantitative estimate of drug-likeness (QED) is 0.897. The fourth-order valence-corrected chi connectivity index (χ4v) is 3.45. The number of nitrogens with zero attached hydrogens (tertiary/aromatic N) is 2. The van der Waals surface area contributed by atoms with Crippen LogP contribution in [0.1, 0.15) is 43.9 Å². The molecule has 1 aromatic carbocycles. The molecule has 1 atom stereocenters. The average molecular weight is 271 g/mol. The van der Waals surface area contributed by atoms with Crippen molar-refractivity contribution in [3.63, 3.8) is 0 Å². The van der Waals surface area contributed by atoms with Crippen molar-refractivity contribution in [2.75, 3.05) is 6.54 Å². The second kappa shape index (κ2) is 3.90. The number of nitrogens with two attached hydrogens (primary N) is 1. The third-order valence-corrected chi connectivity index (χ3v) is 4.45. The van der Waals surface area contributed by atoms with Crippen LogP contribution in [0.4, 0.5) is 0 Å². The number of fused-ring (bicyclic) bond motifs is 1. The van der Waals surface area contributed by atoms with Gasteiger partial charge in [-0.2, -0.15) is 0 Å². The highest BCUT2D eigenvalue weighted by Gasteiger charge is 2.42. The van der Waals surface area contributed by atoms with Crippen molar-refractivity contribution in [2.24, 2.45) is 10.7 Å². The van der Waals surface area contributed by atoms with Gasteiger partial charge in [0.25, 0.3) is 0 Å². The number of para-hydroxylation sites is 1. The molecule has 0 bridgehead atoms. The van der Waals surface area contributed by atoms with E-state index in [1.54, 1.807) is 0 Å². The Morgan fingerprint density at radius 1 is 1.35 bits per heavy atom. The van der Waals surface area contributed by atoms with E-state index >= 15 is 0 Å². The summed E-state index contributed by atoms with van der Waals surface area (Å²) in [6, 6.07) is 7.32. The predicted molar refractivity (Wildman–Crippen MR) is 78.9 cm³/mol. The number of aliphatic imine (C=N–C) groups is 1. The van der Waals surface area contributed by atoms with Crippen molar-refractivity contribution in [3.8, 4) is 5.75 Å². The molecular formula is C16H21N3O. The first kappa shape index (κ1) is 12.1. The minimum Gasteiger partial charge on any atom is -0.487 e. The van der Waals surface area contributed by atoms with Crippen LogP contribution in [0.2, 0.25) is 0 Å². The fraction of sp³-hybridized carbons (Fsp3) is 0.562. The van der Waals surface area contributed by atoms with Crippen molar-refractivity contribution < 1.29 is 4.74 Å². The van der Waals surface area contributed by atoms with Gasteiger partial charge in [0.1, 0.15) is 11.4 Å². The van der Waals surface area contributed by atoms with E-state index in [1.807, 2.05) is 0 Å². The van der Waals surface area contributed by atoms with Gasteiger partial charge in [0.15, 0.2) is 5.96 Å². The normalized spacial score (nSPS) is 27.2. The van der Waals surface area contributed by atoms with Crippen LogP contribution < -0.4 is 10.5 Å². The van der Waals surface area contributed by atoms with Crippen molar-refractivity contribution >= 4 is 5.96 Å². The monoisotopic (exact) mass is 271 g/mol. The summed E-state index contributed by atoms with van der Waals surface area (Å²) in [5.41, 5.74) is 8.55. The van der Waals surface area contributed by atoms with Crippen LogP contribution in [-0.4, -0.2) is 29.0 Å². The summed E-state index contributed by atoms with van der Waals surface area (Å²) in [7, 11) is 0. The molecule has 4 heteroatoms. The van der Waals surface area contributed by atoms with Gasteiger partial charge in [0.05, 0.1) is 12.6 Å². The van der Waals surface area contributed by atoms with E-state index in [4.69, 9.17) is 10.5 Å². The molecule has 0 spiro atoms. The molecule has 1 unspecified atom stereocenters. The molecule has 2 N–H and O–H groups in total. The first-order valence-electron chi connectivity index (χ1n) is 7.44. The van der Waals surface area contributed by atoms with Crippen LogP contribution in [0.15, 0.2) is 23.2 Å². The van der Waals surface area contributed by atoms with E-state index in [0.29, 0.717) is 12.0 Å². The van der Waals surface area contributed by atoms with Gasteiger partial charge in [0.2, 0.25) is 0 Å². The number of guanidine groups is 1. The molecule has 0 amide bonds. The van der Waals surface area contributed by atoms with Crippen LogP contribution in [0.25, 0.3) is 0 Å². The van der Waals surface area contributed by atoms with E-state index in [2.05, 4.69) is 41.9 Å². The van der Waals surface area contributed by atoms with Gasteiger partial charge >= 0.3 is 0 Å². The summed E-state index contributed by atoms with van der Waals surface area (Å²) < 4.78 is 6.20. The lowest BCUT2D eigenvalue weighted by Gasteiger charge is -2.28. The Kier molecular flexibility index (Phi) is 2.35. The minimum atomic E-state index is -0.103. The Balaban J connectivity index is 1.72. The number of hydrogen-bond donors (Lipinski definition) is 1. The molecular weight excluding hydrogens is 250 g/mol. The van der Waals surface area contributed by atoms with Gasteiger partial charge in [-0.3, -0.25) is 4.99 Å². The van der Waals surface area contributed by atoms with Gasteiger partial charge in [-0.15, -0.1) is 0 Å². The van der Waals surface area contributed by atoms with Gasteiger partial charge in [-0.1, -0.05) is 18.2 Å². The van der Waals surface area contributed by atoms with E-state index in [1.165, 1.54) is 24.0 Å². The smallest absolute Gasteiger partial charge is 0.192 e. The number of ether oxygens (including phenoxy) is 1. The zero-order valence-electron chi connectivity index (χ0n) is 12.1. The Labute approximate surface area is 119 Å². The van der Waals surface area contributed by atoms with Gasteiger partial charge in [-0.25, -0.2) is 0 Å². The largest absolute Gasteiger partial charge is 0.487 e. The summed E-state index contributed by atoms with van der Waals surface area (Å²) in [6.07, 6.45) is 3.44. The first-order chi connectivity index (χ1) is 9.55. The Morgan fingerprint density at radius 2 is 2.15 bits per heavy atom.